The molecule has 0 saturated carbocycles. The van der Waals surface area contributed by atoms with E-state index in [-0.39, 0.29) is 25.0 Å². The van der Waals surface area contributed by atoms with Gasteiger partial charge in [-0.25, -0.2) is 0 Å². The summed E-state index contributed by atoms with van der Waals surface area (Å²) in [6.45, 7) is 7.34. The topological polar surface area (TPSA) is 75.8 Å². The lowest BCUT2D eigenvalue weighted by molar-refractivity contribution is 0.0919. The van der Waals surface area contributed by atoms with Crippen molar-refractivity contribution in [2.75, 3.05) is 32.0 Å². The van der Waals surface area contributed by atoms with Crippen molar-refractivity contribution in [3.8, 4) is 5.75 Å². The van der Waals surface area contributed by atoms with Crippen molar-refractivity contribution in [2.24, 2.45) is 0 Å². The van der Waals surface area contributed by atoms with E-state index in [4.69, 9.17) is 15.6 Å². The van der Waals surface area contributed by atoms with Crippen LogP contribution < -0.4 is 10.5 Å². The number of nitrogens with zero attached hydrogens (tertiary/aromatic N) is 1. The highest BCUT2D eigenvalue weighted by atomic mass is 16.5. The first kappa shape index (κ1) is 16.5. The van der Waals surface area contributed by atoms with Gasteiger partial charge in [0.25, 0.3) is 0 Å². The monoisotopic (exact) mass is 280 g/mol. The second-order valence-electron chi connectivity index (χ2n) is 4.93. The fourth-order valence-corrected chi connectivity index (χ4v) is 1.87. The van der Waals surface area contributed by atoms with Crippen LogP contribution in [0.15, 0.2) is 18.2 Å². The number of aliphatic hydroxyl groups excluding tert-OH is 1. The number of hydrogen-bond acceptors (Lipinski definition) is 5. The minimum Gasteiger partial charge on any atom is -0.489 e. The Labute approximate surface area is 120 Å². The zero-order valence-corrected chi connectivity index (χ0v) is 12.4. The quantitative estimate of drug-likeness (QED) is 0.558. The van der Waals surface area contributed by atoms with Gasteiger partial charge in [-0.05, 0) is 38.6 Å². The molecule has 0 unspecified atom stereocenters. The predicted molar refractivity (Wildman–Crippen MR) is 80.1 cm³/mol. The minimum absolute atomic E-state index is 0.0110. The van der Waals surface area contributed by atoms with Crippen LogP contribution in [-0.2, 0) is 0 Å². The molecule has 3 N–H and O–H groups in total. The number of rotatable bonds is 8. The number of Topliss-reactive ketones (excluding diaryl/α,β-unsaturated/α-hetero) is 1. The van der Waals surface area contributed by atoms with Gasteiger partial charge < -0.3 is 15.6 Å². The number of benzene rings is 1. The molecular formula is C15H24N2O3. The van der Waals surface area contributed by atoms with Crippen LogP contribution in [-0.4, -0.2) is 48.1 Å². The summed E-state index contributed by atoms with van der Waals surface area (Å²) in [5, 5.41) is 8.93. The van der Waals surface area contributed by atoms with Crippen LogP contribution in [0.4, 0.5) is 5.69 Å². The average molecular weight is 280 g/mol. The van der Waals surface area contributed by atoms with Gasteiger partial charge in [0, 0.05) is 12.1 Å². The van der Waals surface area contributed by atoms with E-state index in [1.807, 2.05) is 25.7 Å². The lowest BCUT2D eigenvalue weighted by Gasteiger charge is -2.18. The van der Waals surface area contributed by atoms with Gasteiger partial charge in [-0.15, -0.1) is 0 Å². The Morgan fingerprint density at radius 2 is 2.15 bits per heavy atom. The molecule has 0 amide bonds. The predicted octanol–water partition coefficient (Wildman–Crippen LogP) is 1.55. The van der Waals surface area contributed by atoms with Crippen molar-refractivity contribution in [2.45, 2.75) is 26.9 Å². The van der Waals surface area contributed by atoms with E-state index in [0.717, 1.165) is 6.54 Å². The Hall–Kier alpha value is -1.59. The SMILES string of the molecule is CCN(CCO)CC(=O)c1ccc(OC(C)C)c(N)c1. The summed E-state index contributed by atoms with van der Waals surface area (Å²) in [6.07, 6.45) is 0.0407. The molecule has 1 aromatic rings. The molecule has 0 bridgehead atoms. The Morgan fingerprint density at radius 1 is 1.45 bits per heavy atom. The lowest BCUT2D eigenvalue weighted by atomic mass is 10.1. The molecule has 0 aliphatic carbocycles. The number of ketones is 1. The Kier molecular flexibility index (Phi) is 6.48. The molecule has 0 atom stereocenters. The van der Waals surface area contributed by atoms with Crippen molar-refractivity contribution >= 4 is 11.5 Å². The van der Waals surface area contributed by atoms with Gasteiger partial charge in [0.15, 0.2) is 5.78 Å². The highest BCUT2D eigenvalue weighted by molar-refractivity contribution is 5.98. The fourth-order valence-electron chi connectivity index (χ4n) is 1.87. The van der Waals surface area contributed by atoms with Gasteiger partial charge >= 0.3 is 0 Å². The molecule has 1 rings (SSSR count). The first-order valence-corrected chi connectivity index (χ1v) is 6.90. The largest absolute Gasteiger partial charge is 0.489 e. The zero-order valence-electron chi connectivity index (χ0n) is 12.4. The van der Waals surface area contributed by atoms with Crippen LogP contribution in [0, 0.1) is 0 Å². The zero-order chi connectivity index (χ0) is 15.1. The molecular weight excluding hydrogens is 256 g/mol. The van der Waals surface area contributed by atoms with Gasteiger partial charge in [-0.1, -0.05) is 6.92 Å². The summed E-state index contributed by atoms with van der Waals surface area (Å²) < 4.78 is 5.54. The molecule has 1 aromatic carbocycles. The van der Waals surface area contributed by atoms with Crippen LogP contribution in [0.1, 0.15) is 31.1 Å². The van der Waals surface area contributed by atoms with Gasteiger partial charge in [-0.2, -0.15) is 0 Å². The average Bonchev–Trinajstić information content (AvgIpc) is 2.39. The molecule has 0 aliphatic rings. The second-order valence-corrected chi connectivity index (χ2v) is 4.93. The summed E-state index contributed by atoms with van der Waals surface area (Å²) in [6, 6.07) is 5.10. The molecule has 0 fully saturated rings. The number of nitrogen functional groups attached to an aromatic ring is 1. The van der Waals surface area contributed by atoms with Crippen LogP contribution in [0.25, 0.3) is 0 Å². The third-order valence-electron chi connectivity index (χ3n) is 2.93. The van der Waals surface area contributed by atoms with Crippen molar-refractivity contribution in [3.63, 3.8) is 0 Å². The van der Waals surface area contributed by atoms with Crippen molar-refractivity contribution in [1.82, 2.24) is 4.90 Å². The van der Waals surface area contributed by atoms with Gasteiger partial charge in [0.1, 0.15) is 5.75 Å². The van der Waals surface area contributed by atoms with E-state index in [1.165, 1.54) is 0 Å². The molecule has 0 aromatic heterocycles. The van der Waals surface area contributed by atoms with E-state index in [1.54, 1.807) is 18.2 Å². The van der Waals surface area contributed by atoms with E-state index in [0.29, 0.717) is 23.5 Å². The van der Waals surface area contributed by atoms with E-state index in [9.17, 15) is 4.79 Å². The first-order chi connectivity index (χ1) is 9.47. The number of ether oxygens (including phenoxy) is 1. The lowest BCUT2D eigenvalue weighted by Crippen LogP contribution is -2.32. The van der Waals surface area contributed by atoms with Gasteiger partial charge in [-0.3, -0.25) is 9.69 Å². The minimum atomic E-state index is -0.0110. The van der Waals surface area contributed by atoms with E-state index < -0.39 is 0 Å². The summed E-state index contributed by atoms with van der Waals surface area (Å²) >= 11 is 0. The molecule has 20 heavy (non-hydrogen) atoms. The molecule has 0 saturated heterocycles. The Bertz CT molecular complexity index is 447. The number of hydrogen-bond donors (Lipinski definition) is 2. The first-order valence-electron chi connectivity index (χ1n) is 6.90. The van der Waals surface area contributed by atoms with Crippen LogP contribution in [0.3, 0.4) is 0 Å². The summed E-state index contributed by atoms with van der Waals surface area (Å²) in [4.78, 5) is 14.0. The smallest absolute Gasteiger partial charge is 0.176 e. The number of carbonyl (C=O) groups excluding carboxylic acids is 1. The summed E-state index contributed by atoms with van der Waals surface area (Å²) in [5.41, 5.74) is 6.93. The van der Waals surface area contributed by atoms with Crippen LogP contribution in [0.5, 0.6) is 5.75 Å². The Balaban J connectivity index is 2.76. The van der Waals surface area contributed by atoms with E-state index in [2.05, 4.69) is 0 Å². The van der Waals surface area contributed by atoms with Gasteiger partial charge in [0.2, 0.25) is 0 Å². The maximum Gasteiger partial charge on any atom is 0.176 e. The molecule has 0 radical (unpaired) electrons. The van der Waals surface area contributed by atoms with Crippen LogP contribution in [0.2, 0.25) is 0 Å². The molecule has 0 aliphatic heterocycles. The fraction of sp³-hybridized carbons (Fsp3) is 0.533. The molecule has 0 spiro atoms. The number of nitrogens with two attached hydrogens (primary N) is 1. The highest BCUT2D eigenvalue weighted by Gasteiger charge is 2.13. The molecule has 0 heterocycles. The number of likely N-dealkylation sites (N-methyl/N-ethyl adjacent to an activating group) is 1. The molecule has 5 nitrogen and oxygen atoms in total. The molecule has 5 heteroatoms. The van der Waals surface area contributed by atoms with Crippen molar-refractivity contribution in [3.05, 3.63) is 23.8 Å². The van der Waals surface area contributed by atoms with Gasteiger partial charge in [0.05, 0.1) is 24.9 Å². The standard InChI is InChI=1S/C15H24N2O3/c1-4-17(7-8-18)10-14(19)12-5-6-15(13(16)9-12)20-11(2)3/h5-6,9,11,18H,4,7-8,10,16H2,1-3H3. The molecule has 112 valence electrons. The highest BCUT2D eigenvalue weighted by Crippen LogP contribution is 2.24. The van der Waals surface area contributed by atoms with Crippen LogP contribution >= 0.6 is 0 Å². The van der Waals surface area contributed by atoms with E-state index >= 15 is 0 Å². The van der Waals surface area contributed by atoms with Crippen molar-refractivity contribution in [1.29, 1.82) is 0 Å². The maximum atomic E-state index is 12.2. The number of anilines is 1. The third kappa shape index (κ3) is 4.83. The maximum absolute atomic E-state index is 12.2. The normalized spacial score (nSPS) is 11.1. The summed E-state index contributed by atoms with van der Waals surface area (Å²) in [7, 11) is 0. The third-order valence-corrected chi connectivity index (χ3v) is 2.93. The number of aliphatic hydroxyl groups is 1. The second kappa shape index (κ2) is 7.87. The Morgan fingerprint density at radius 3 is 2.65 bits per heavy atom. The number of carbonyl (C=O) groups is 1. The van der Waals surface area contributed by atoms with Crippen molar-refractivity contribution < 1.29 is 14.6 Å². The summed E-state index contributed by atoms with van der Waals surface area (Å²) in [5.74, 6) is 0.586.